The van der Waals surface area contributed by atoms with Crippen LogP contribution in [0.5, 0.6) is 0 Å². The Balaban J connectivity index is 0.00000242. The van der Waals surface area contributed by atoms with Gasteiger partial charge in [0.1, 0.15) is 34.0 Å². The van der Waals surface area contributed by atoms with E-state index >= 15 is 0 Å². The van der Waals surface area contributed by atoms with Crippen molar-refractivity contribution in [1.29, 1.82) is 0 Å². The molecule has 2 aliphatic rings. The maximum atomic E-state index is 13.7. The number of anilines is 2. The molecule has 1 saturated carbocycles. The van der Waals surface area contributed by atoms with E-state index in [-0.39, 0.29) is 38.8 Å². The van der Waals surface area contributed by atoms with Gasteiger partial charge in [-0.2, -0.15) is 13.2 Å². The van der Waals surface area contributed by atoms with Gasteiger partial charge in [-0.15, -0.1) is 11.3 Å². The minimum Gasteiger partial charge on any atom is -0.380 e. The molecule has 4 heterocycles. The molecule has 1 spiro atoms. The highest BCUT2D eigenvalue weighted by atomic mass is 32.1. The summed E-state index contributed by atoms with van der Waals surface area (Å²) in [6.07, 6.45) is -5.43. The van der Waals surface area contributed by atoms with Gasteiger partial charge in [0.25, 0.3) is 17.4 Å². The molecule has 15 heteroatoms. The molecular weight excluding hydrogens is 551 g/mol. The minimum absolute atomic E-state index is 0. The molecule has 0 aromatic carbocycles. The van der Waals surface area contributed by atoms with Crippen LogP contribution in [0.25, 0.3) is 10.2 Å². The number of pyridine rings is 1. The van der Waals surface area contributed by atoms with Crippen LogP contribution in [0, 0.1) is 6.92 Å². The van der Waals surface area contributed by atoms with E-state index in [1.807, 2.05) is 19.0 Å². The van der Waals surface area contributed by atoms with Crippen LogP contribution in [-0.2, 0) is 5.66 Å². The molecule has 1 aliphatic heterocycles. The molecule has 0 atom stereocenters. The van der Waals surface area contributed by atoms with Crippen molar-refractivity contribution in [3.05, 3.63) is 44.9 Å². The molecule has 0 saturated heterocycles. The number of likely N-dealkylation sites (N-methyl/N-ethyl adjacent to an activating group) is 1. The predicted molar refractivity (Wildman–Crippen MR) is 146 cm³/mol. The number of aromatic nitrogens is 3. The Bertz CT molecular complexity index is 1570. The highest BCUT2D eigenvalue weighted by Gasteiger charge is 2.59. The molecule has 1 aliphatic carbocycles. The van der Waals surface area contributed by atoms with Crippen LogP contribution in [0.3, 0.4) is 0 Å². The van der Waals surface area contributed by atoms with Gasteiger partial charge < -0.3 is 26.0 Å². The minimum atomic E-state index is -4.83. The van der Waals surface area contributed by atoms with Gasteiger partial charge in [-0.05, 0) is 64.4 Å². The molecule has 11 nitrogen and oxygen atoms in total. The van der Waals surface area contributed by atoms with Crippen molar-refractivity contribution in [3.8, 4) is 0 Å². The summed E-state index contributed by atoms with van der Waals surface area (Å²) >= 11 is 1.17. The van der Waals surface area contributed by atoms with Gasteiger partial charge in [-0.3, -0.25) is 19.0 Å². The topological polar surface area (TPSA) is 141 Å². The zero-order chi connectivity index (χ0) is 29.0. The highest BCUT2D eigenvalue weighted by molar-refractivity contribution is 7.20. The van der Waals surface area contributed by atoms with Crippen LogP contribution in [0.1, 0.15) is 54.3 Å². The number of nitrogens with zero attached hydrogens (tertiary/aromatic N) is 4. The van der Waals surface area contributed by atoms with Crippen LogP contribution in [0.2, 0.25) is 0 Å². The number of nitrogens with one attached hydrogen (secondary N) is 3. The number of aliphatic hydroxyl groups is 1. The molecule has 3 aromatic rings. The van der Waals surface area contributed by atoms with E-state index in [1.165, 1.54) is 28.3 Å². The molecule has 40 heavy (non-hydrogen) atoms. The Hall–Kier alpha value is -3.56. The van der Waals surface area contributed by atoms with Crippen molar-refractivity contribution >= 4 is 44.9 Å². The molecule has 3 aromatic heterocycles. The van der Waals surface area contributed by atoms with Crippen molar-refractivity contribution in [3.63, 3.8) is 0 Å². The zero-order valence-electron chi connectivity index (χ0n) is 22.0. The molecule has 4 N–H and O–H groups in total. The third-order valence-corrected chi connectivity index (χ3v) is 8.51. The van der Waals surface area contributed by atoms with Gasteiger partial charge in [0.05, 0.1) is 10.3 Å². The number of fused-ring (bicyclic) bond motifs is 3. The second kappa shape index (κ2) is 9.82. The Kier molecular flexibility index (Phi) is 6.87. The largest absolute Gasteiger partial charge is 0.417 e. The molecule has 218 valence electrons. The van der Waals surface area contributed by atoms with E-state index in [4.69, 9.17) is 0 Å². The molecule has 1 fully saturated rings. The number of amides is 2. The number of hydrogen-bond donors (Lipinski definition) is 4. The number of hydrogen-bond acceptors (Lipinski definition) is 9. The lowest BCUT2D eigenvalue weighted by Gasteiger charge is -2.43. The summed E-state index contributed by atoms with van der Waals surface area (Å²) in [6, 6.07) is 3.10. The first-order chi connectivity index (χ1) is 18.7. The molecule has 0 radical (unpaired) electrons. The van der Waals surface area contributed by atoms with Gasteiger partial charge in [0, 0.05) is 15.9 Å². The van der Waals surface area contributed by atoms with Gasteiger partial charge in [0.2, 0.25) is 0 Å². The quantitative estimate of drug-likeness (QED) is 0.347. The smallest absolute Gasteiger partial charge is 0.380 e. The van der Waals surface area contributed by atoms with Crippen LogP contribution in [0.4, 0.5) is 24.7 Å². The van der Waals surface area contributed by atoms with E-state index in [0.29, 0.717) is 33.7 Å². The number of halogens is 3. The maximum absolute atomic E-state index is 13.7. The van der Waals surface area contributed by atoms with Crippen LogP contribution >= 0.6 is 11.3 Å². The van der Waals surface area contributed by atoms with Crippen LogP contribution < -0.4 is 21.5 Å². The summed E-state index contributed by atoms with van der Waals surface area (Å²) in [5, 5.41) is 19.2. The molecule has 0 unspecified atom stereocenters. The fraction of sp³-hybridized carbons (Fsp3) is 0.480. The van der Waals surface area contributed by atoms with Crippen molar-refractivity contribution in [2.45, 2.75) is 50.0 Å². The summed E-state index contributed by atoms with van der Waals surface area (Å²) in [7, 11) is 3.79. The highest BCUT2D eigenvalue weighted by Crippen LogP contribution is 2.47. The lowest BCUT2D eigenvalue weighted by atomic mass is 9.78. The van der Waals surface area contributed by atoms with E-state index in [0.717, 1.165) is 0 Å². The first kappa shape index (κ1) is 28.0. The molecule has 0 bridgehead atoms. The normalized spacial score (nSPS) is 22.6. The maximum Gasteiger partial charge on any atom is 0.417 e. The van der Waals surface area contributed by atoms with Gasteiger partial charge in [0.15, 0.2) is 5.60 Å². The lowest BCUT2D eigenvalue weighted by molar-refractivity contribution is -0.275. The number of rotatable bonds is 6. The summed E-state index contributed by atoms with van der Waals surface area (Å²) in [5.41, 5.74) is -4.36. The number of thiophene rings is 1. The summed E-state index contributed by atoms with van der Waals surface area (Å²) in [4.78, 5) is 50.6. The summed E-state index contributed by atoms with van der Waals surface area (Å²) in [6.45, 7) is 2.75. The van der Waals surface area contributed by atoms with Crippen LogP contribution in [0.15, 0.2) is 23.3 Å². The first-order valence-electron chi connectivity index (χ1n) is 12.6. The predicted octanol–water partition coefficient (Wildman–Crippen LogP) is 2.95. The first-order valence-corrected chi connectivity index (χ1v) is 13.4. The average Bonchev–Trinajstić information content (AvgIpc) is 3.44. The zero-order valence-corrected chi connectivity index (χ0v) is 22.8. The third-order valence-electron chi connectivity index (χ3n) is 7.46. The third kappa shape index (κ3) is 4.71. The van der Waals surface area contributed by atoms with Crippen molar-refractivity contribution < 1.29 is 30.7 Å². The fourth-order valence-electron chi connectivity index (χ4n) is 5.23. The van der Waals surface area contributed by atoms with E-state index in [9.17, 15) is 32.7 Å². The summed E-state index contributed by atoms with van der Waals surface area (Å²) in [5.74, 6) is -0.579. The number of aryl methyl sites for hydroxylation is 1. The second-order valence-corrected chi connectivity index (χ2v) is 11.5. The van der Waals surface area contributed by atoms with E-state index in [1.54, 1.807) is 13.0 Å². The standard InChI is InChI=1S/C25H28F3N7O4S.2H2/c1-13-10-15(32-18-14-11-16(40-21(14)31-12-30-18)19(36)29-8-9-34(2)3)22(38)35-17(13)20(37)33-24(35)6-4-23(39,5-7-24)25(26,27)28;;/h10-12,39H,4-9H2,1-3H3,(H,29,36)(H,33,37)(H,30,31,32);2*1H. The van der Waals surface area contributed by atoms with Gasteiger partial charge >= 0.3 is 6.18 Å². The van der Waals surface area contributed by atoms with E-state index in [2.05, 4.69) is 25.9 Å². The Morgan fingerprint density at radius 3 is 2.58 bits per heavy atom. The van der Waals surface area contributed by atoms with E-state index < -0.39 is 41.7 Å². The Labute approximate surface area is 233 Å². The monoisotopic (exact) mass is 583 g/mol. The fourth-order valence-corrected chi connectivity index (χ4v) is 6.15. The lowest BCUT2D eigenvalue weighted by Crippen LogP contribution is -2.57. The molecular formula is C25H32F3N7O4S. The number of alkyl halides is 3. The Morgan fingerprint density at radius 1 is 1.23 bits per heavy atom. The van der Waals surface area contributed by atoms with Crippen molar-refractivity contribution in [2.75, 3.05) is 32.5 Å². The second-order valence-electron chi connectivity index (χ2n) is 10.5. The number of carbonyl (C=O) groups excluding carboxylic acids is 2. The Morgan fingerprint density at radius 2 is 1.93 bits per heavy atom. The molecule has 2 amide bonds. The van der Waals surface area contributed by atoms with Crippen LogP contribution in [-0.4, -0.2) is 75.3 Å². The SMILES string of the molecule is Cc1cc(Nc2ncnc3sc(C(=O)NCCN(C)C)cc23)c(=O)n2c1C(=O)NC21CCC(O)(C(F)(F)F)CC1.[HH].[HH]. The molecule has 5 rings (SSSR count). The van der Waals surface area contributed by atoms with Crippen molar-refractivity contribution in [1.82, 2.24) is 30.1 Å². The van der Waals surface area contributed by atoms with Gasteiger partial charge in [-0.1, -0.05) is 0 Å². The van der Waals surface area contributed by atoms with Crippen molar-refractivity contribution in [2.24, 2.45) is 0 Å². The average molecular weight is 584 g/mol. The number of carbonyl (C=O) groups is 2. The summed E-state index contributed by atoms with van der Waals surface area (Å²) < 4.78 is 41.5. The van der Waals surface area contributed by atoms with Gasteiger partial charge in [-0.25, -0.2) is 9.97 Å².